The second kappa shape index (κ2) is 10.2. The van der Waals surface area contributed by atoms with Crippen molar-refractivity contribution in [3.05, 3.63) is 54.1 Å². The van der Waals surface area contributed by atoms with E-state index in [1.807, 2.05) is 0 Å². The van der Waals surface area contributed by atoms with E-state index in [0.717, 1.165) is 51.7 Å². The van der Waals surface area contributed by atoms with Gasteiger partial charge in [0.05, 0.1) is 5.54 Å². The summed E-state index contributed by atoms with van der Waals surface area (Å²) >= 11 is 0. The van der Waals surface area contributed by atoms with Gasteiger partial charge in [0.1, 0.15) is 35.7 Å². The van der Waals surface area contributed by atoms with Crippen molar-refractivity contribution < 1.29 is 23.0 Å². The number of aromatic hydroxyl groups is 1. The molecular weight excluding hydrogens is 555 g/mol. The molecule has 3 aromatic carbocycles. The number of alkyl halides is 1. The highest BCUT2D eigenvalue weighted by atomic mass is 19.1. The Labute approximate surface area is 247 Å². The van der Waals surface area contributed by atoms with Crippen molar-refractivity contribution >= 4 is 27.5 Å². The molecule has 8 rings (SSSR count). The predicted molar refractivity (Wildman–Crippen MR) is 159 cm³/mol. The molecule has 1 aromatic heterocycles. The van der Waals surface area contributed by atoms with E-state index in [2.05, 4.69) is 20.1 Å². The lowest BCUT2D eigenvalue weighted by atomic mass is 9.95. The third-order valence-corrected chi connectivity index (χ3v) is 10.0. The molecule has 4 aromatic rings. The zero-order chi connectivity index (χ0) is 29.3. The zero-order valence-corrected chi connectivity index (χ0v) is 23.8. The standard InChI is InChI=1S/C33H34F3N5O2/c34-20-15-33(10-2-11-41(33)16-20)18-43-32-38-30-25(31(39-32)40-12-9-21-5-6-22(17-40)37-21)8-7-24(29(30)36)26-14-23(42)13-19-3-1-4-27(35)28(19)26/h1,3-4,7-8,13-14,20-22,37,42H,2,5-6,9-12,15-18H2/t20?,21-,22+,33?/m0/s1. The van der Waals surface area contributed by atoms with Crippen LogP contribution in [0.2, 0.25) is 0 Å². The fraction of sp³-hybridized carbons (Fsp3) is 0.455. The fourth-order valence-electron chi connectivity index (χ4n) is 8.00. The van der Waals surface area contributed by atoms with E-state index < -0.39 is 23.3 Å². The molecule has 4 atom stereocenters. The topological polar surface area (TPSA) is 73.8 Å². The van der Waals surface area contributed by atoms with E-state index in [1.54, 1.807) is 24.3 Å². The Morgan fingerprint density at radius 1 is 1.00 bits per heavy atom. The van der Waals surface area contributed by atoms with Crippen LogP contribution in [0.15, 0.2) is 42.5 Å². The van der Waals surface area contributed by atoms with Gasteiger partial charge >= 0.3 is 6.01 Å². The first-order valence-electron chi connectivity index (χ1n) is 15.3. The average molecular weight is 590 g/mol. The van der Waals surface area contributed by atoms with E-state index in [4.69, 9.17) is 9.72 Å². The molecule has 4 aliphatic heterocycles. The molecule has 0 aliphatic carbocycles. The molecule has 224 valence electrons. The number of nitrogens with zero attached hydrogens (tertiary/aromatic N) is 4. The molecule has 0 radical (unpaired) electrons. The molecule has 10 heteroatoms. The summed E-state index contributed by atoms with van der Waals surface area (Å²) < 4.78 is 52.4. The number of phenols is 1. The SMILES string of the molecule is Oc1cc(-c2ccc3c(N4CC[C@@H]5CC[C@H](C4)N5)nc(OCC45CCCN4CC(F)C5)nc3c2F)c2c(F)cccc2c1. The number of rotatable bonds is 5. The summed E-state index contributed by atoms with van der Waals surface area (Å²) in [6.07, 6.45) is 4.50. The van der Waals surface area contributed by atoms with Crippen LogP contribution in [0.25, 0.3) is 32.8 Å². The summed E-state index contributed by atoms with van der Waals surface area (Å²) in [5, 5.41) is 15.4. The summed E-state index contributed by atoms with van der Waals surface area (Å²) in [4.78, 5) is 13.8. The minimum Gasteiger partial charge on any atom is -0.508 e. The van der Waals surface area contributed by atoms with Crippen molar-refractivity contribution in [3.63, 3.8) is 0 Å². The third kappa shape index (κ3) is 4.57. The lowest BCUT2D eigenvalue weighted by Gasteiger charge is -2.31. The highest BCUT2D eigenvalue weighted by Gasteiger charge is 2.49. The Hall–Kier alpha value is -3.63. The summed E-state index contributed by atoms with van der Waals surface area (Å²) in [5.41, 5.74) is 0.0412. The third-order valence-electron chi connectivity index (χ3n) is 10.0. The number of phenolic OH excluding ortho intramolecular Hbond substituents is 1. The van der Waals surface area contributed by atoms with Crippen molar-refractivity contribution in [2.45, 2.75) is 62.3 Å². The number of hydrogen-bond acceptors (Lipinski definition) is 7. The van der Waals surface area contributed by atoms with E-state index in [-0.39, 0.29) is 40.4 Å². The van der Waals surface area contributed by atoms with E-state index in [0.29, 0.717) is 41.6 Å². The van der Waals surface area contributed by atoms with Gasteiger partial charge < -0.3 is 20.1 Å². The summed E-state index contributed by atoms with van der Waals surface area (Å²) in [7, 11) is 0. The summed E-state index contributed by atoms with van der Waals surface area (Å²) in [6, 6.07) is 11.6. The number of benzene rings is 3. The molecule has 0 spiro atoms. The van der Waals surface area contributed by atoms with Crippen molar-refractivity contribution in [1.29, 1.82) is 0 Å². The van der Waals surface area contributed by atoms with Crippen LogP contribution in [0.5, 0.6) is 11.8 Å². The highest BCUT2D eigenvalue weighted by molar-refractivity contribution is 6.01. The lowest BCUT2D eigenvalue weighted by Crippen LogP contribution is -2.43. The molecule has 0 saturated carbocycles. The normalized spacial score (nSPS) is 27.2. The van der Waals surface area contributed by atoms with Crippen molar-refractivity contribution in [2.24, 2.45) is 0 Å². The van der Waals surface area contributed by atoms with Gasteiger partial charge in [0, 0.05) is 54.5 Å². The van der Waals surface area contributed by atoms with Gasteiger partial charge in [0.2, 0.25) is 0 Å². The van der Waals surface area contributed by atoms with Crippen LogP contribution < -0.4 is 15.0 Å². The molecule has 43 heavy (non-hydrogen) atoms. The first kappa shape index (κ1) is 27.0. The molecule has 2 unspecified atom stereocenters. The maximum absolute atomic E-state index is 16.7. The van der Waals surface area contributed by atoms with E-state index in [9.17, 15) is 9.50 Å². The largest absolute Gasteiger partial charge is 0.508 e. The number of hydrogen-bond donors (Lipinski definition) is 2. The number of halogens is 3. The smallest absolute Gasteiger partial charge is 0.319 e. The summed E-state index contributed by atoms with van der Waals surface area (Å²) in [5.74, 6) is -0.631. The van der Waals surface area contributed by atoms with E-state index >= 15 is 8.78 Å². The van der Waals surface area contributed by atoms with Gasteiger partial charge in [-0.3, -0.25) is 4.90 Å². The zero-order valence-electron chi connectivity index (χ0n) is 23.8. The molecule has 4 aliphatic rings. The maximum Gasteiger partial charge on any atom is 0.319 e. The summed E-state index contributed by atoms with van der Waals surface area (Å²) in [6.45, 7) is 2.96. The van der Waals surface area contributed by atoms with Crippen LogP contribution in [-0.2, 0) is 0 Å². The number of fused-ring (bicyclic) bond motifs is 5. The Kier molecular flexibility index (Phi) is 6.41. The van der Waals surface area contributed by atoms with Crippen LogP contribution in [-0.4, -0.2) is 76.6 Å². The van der Waals surface area contributed by atoms with Crippen molar-refractivity contribution in [2.75, 3.05) is 37.7 Å². The van der Waals surface area contributed by atoms with Crippen LogP contribution in [0.1, 0.15) is 38.5 Å². The second-order valence-electron chi connectivity index (χ2n) is 12.7. The Morgan fingerprint density at radius 3 is 2.79 bits per heavy atom. The average Bonchev–Trinajstić information content (AvgIpc) is 3.62. The van der Waals surface area contributed by atoms with Gasteiger partial charge in [0.25, 0.3) is 0 Å². The highest BCUT2D eigenvalue weighted by Crippen LogP contribution is 2.42. The Balaban J connectivity index is 1.25. The first-order chi connectivity index (χ1) is 20.9. The van der Waals surface area contributed by atoms with E-state index in [1.165, 1.54) is 18.2 Å². The second-order valence-corrected chi connectivity index (χ2v) is 12.7. The number of anilines is 1. The van der Waals surface area contributed by atoms with Crippen LogP contribution in [0.4, 0.5) is 19.0 Å². The number of nitrogens with one attached hydrogen (secondary N) is 1. The minimum absolute atomic E-state index is 0.0522. The molecule has 5 heterocycles. The number of ether oxygens (including phenoxy) is 1. The predicted octanol–water partition coefficient (Wildman–Crippen LogP) is 5.72. The molecule has 4 fully saturated rings. The fourth-order valence-corrected chi connectivity index (χ4v) is 8.00. The van der Waals surface area contributed by atoms with Crippen molar-refractivity contribution in [1.82, 2.24) is 20.2 Å². The Bertz CT molecular complexity index is 1740. The lowest BCUT2D eigenvalue weighted by molar-refractivity contribution is 0.107. The molecule has 2 N–H and O–H groups in total. The monoisotopic (exact) mass is 589 g/mol. The van der Waals surface area contributed by atoms with Crippen LogP contribution >= 0.6 is 0 Å². The van der Waals surface area contributed by atoms with Crippen molar-refractivity contribution in [3.8, 4) is 22.9 Å². The molecule has 4 saturated heterocycles. The van der Waals surface area contributed by atoms with Gasteiger partial charge in [-0.15, -0.1) is 0 Å². The molecule has 7 nitrogen and oxygen atoms in total. The first-order valence-corrected chi connectivity index (χ1v) is 15.3. The van der Waals surface area contributed by atoms with Crippen LogP contribution in [0.3, 0.4) is 0 Å². The maximum atomic E-state index is 16.7. The minimum atomic E-state index is -0.894. The van der Waals surface area contributed by atoms with Gasteiger partial charge in [-0.25, -0.2) is 13.2 Å². The quantitative estimate of drug-likeness (QED) is 0.309. The van der Waals surface area contributed by atoms with Gasteiger partial charge in [-0.2, -0.15) is 9.97 Å². The van der Waals surface area contributed by atoms with Gasteiger partial charge in [0.15, 0.2) is 5.82 Å². The molecule has 2 bridgehead atoms. The Morgan fingerprint density at radius 2 is 1.88 bits per heavy atom. The molecular formula is C33H34F3N5O2. The molecule has 0 amide bonds. The van der Waals surface area contributed by atoms with Gasteiger partial charge in [-0.05, 0) is 73.9 Å². The van der Waals surface area contributed by atoms with Gasteiger partial charge in [-0.1, -0.05) is 18.2 Å². The van der Waals surface area contributed by atoms with Crippen LogP contribution in [0, 0.1) is 11.6 Å². The number of aromatic nitrogens is 2.